The zero-order chi connectivity index (χ0) is 29.9. The molecule has 0 fully saturated rings. The summed E-state index contributed by atoms with van der Waals surface area (Å²) in [5.74, 6) is -0.736. The summed E-state index contributed by atoms with van der Waals surface area (Å²) in [5.41, 5.74) is 0.319. The van der Waals surface area contributed by atoms with E-state index in [-0.39, 0.29) is 23.2 Å². The Morgan fingerprint density at radius 3 is 2.46 bits per heavy atom. The molecule has 0 saturated carbocycles. The summed E-state index contributed by atoms with van der Waals surface area (Å²) in [6.07, 6.45) is 2.74. The maximum absolute atomic E-state index is 13.6. The van der Waals surface area contributed by atoms with E-state index in [1.54, 1.807) is 35.9 Å². The van der Waals surface area contributed by atoms with Gasteiger partial charge >= 0.3 is 6.18 Å². The molecule has 4 rings (SSSR count). The van der Waals surface area contributed by atoms with Gasteiger partial charge in [0.15, 0.2) is 0 Å². The summed E-state index contributed by atoms with van der Waals surface area (Å²) in [6, 6.07) is 12.4. The highest BCUT2D eigenvalue weighted by molar-refractivity contribution is 7.93. The number of halogens is 3. The van der Waals surface area contributed by atoms with E-state index < -0.39 is 32.8 Å². The van der Waals surface area contributed by atoms with Crippen molar-refractivity contribution in [1.29, 1.82) is 5.26 Å². The molecular weight excluding hydrogens is 555 g/mol. The summed E-state index contributed by atoms with van der Waals surface area (Å²) in [4.78, 5) is 31.4. The van der Waals surface area contributed by atoms with E-state index in [0.29, 0.717) is 21.8 Å². The first kappa shape index (κ1) is 29.2. The van der Waals surface area contributed by atoms with Crippen molar-refractivity contribution in [3.05, 3.63) is 111 Å². The molecule has 0 radical (unpaired) electrons. The lowest BCUT2D eigenvalue weighted by atomic mass is 9.98. The van der Waals surface area contributed by atoms with E-state index in [2.05, 4.69) is 14.7 Å². The predicted octanol–water partition coefficient (Wildman–Crippen LogP) is 5.40. The lowest BCUT2D eigenvalue weighted by Crippen LogP contribution is -2.30. The Labute approximate surface area is 234 Å². The highest BCUT2D eigenvalue weighted by Crippen LogP contribution is 2.32. The number of amides is 1. The van der Waals surface area contributed by atoms with Crippen LogP contribution < -0.4 is 10.7 Å². The molecule has 1 amide bonds. The normalized spacial score (nSPS) is 12.7. The molecule has 210 valence electrons. The number of hydrogen-bond donors (Lipinski definition) is 1. The Hall–Kier alpha value is -4.76. The Bertz CT molecular complexity index is 1870. The van der Waals surface area contributed by atoms with Crippen LogP contribution in [0, 0.1) is 25.3 Å². The van der Waals surface area contributed by atoms with E-state index in [0.717, 1.165) is 17.7 Å². The van der Waals surface area contributed by atoms with Gasteiger partial charge in [-0.1, -0.05) is 24.3 Å². The predicted molar refractivity (Wildman–Crippen MR) is 148 cm³/mol. The molecule has 0 spiro atoms. The number of benzene rings is 2. The van der Waals surface area contributed by atoms with Gasteiger partial charge in [-0.25, -0.2) is 4.21 Å². The number of aryl methyl sites for hydroxylation is 1. The van der Waals surface area contributed by atoms with E-state index in [9.17, 15) is 27.0 Å². The van der Waals surface area contributed by atoms with Crippen LogP contribution in [-0.2, 0) is 22.5 Å². The minimum absolute atomic E-state index is 0.00236. The van der Waals surface area contributed by atoms with Crippen molar-refractivity contribution in [2.75, 3.05) is 6.26 Å². The summed E-state index contributed by atoms with van der Waals surface area (Å²) >= 11 is 0. The number of alkyl halides is 3. The first-order chi connectivity index (χ1) is 19.3. The van der Waals surface area contributed by atoms with E-state index in [1.165, 1.54) is 49.1 Å². The highest BCUT2D eigenvalue weighted by Gasteiger charge is 2.31. The molecule has 1 atom stereocenters. The molecule has 1 N–H and O–H groups in total. The van der Waals surface area contributed by atoms with Crippen molar-refractivity contribution in [2.45, 2.75) is 31.5 Å². The first-order valence-corrected chi connectivity index (χ1v) is 14.1. The molecule has 2 heterocycles. The second kappa shape index (κ2) is 11.4. The molecule has 0 saturated heterocycles. The fourth-order valence-electron chi connectivity index (χ4n) is 4.26. The van der Waals surface area contributed by atoms with Crippen LogP contribution >= 0.6 is 0 Å². The fraction of sp³-hybridized carbons (Fsp3) is 0.172. The summed E-state index contributed by atoms with van der Waals surface area (Å²) < 4.78 is 57.9. The van der Waals surface area contributed by atoms with Gasteiger partial charge < -0.3 is 9.88 Å². The number of carbonyl (C=O) groups excluding carboxylic acids is 1. The Morgan fingerprint density at radius 1 is 1.12 bits per heavy atom. The summed E-state index contributed by atoms with van der Waals surface area (Å²) in [5, 5.41) is 11.4. The molecule has 0 aliphatic heterocycles. The van der Waals surface area contributed by atoms with Crippen molar-refractivity contribution in [3.8, 4) is 23.0 Å². The molecular formula is C29H24F3N5O3S. The minimum Gasteiger partial charge on any atom is -0.348 e. The molecule has 1 unspecified atom stereocenters. The van der Waals surface area contributed by atoms with Gasteiger partial charge in [-0.05, 0) is 60.9 Å². The average Bonchev–Trinajstić information content (AvgIpc) is 2.92. The van der Waals surface area contributed by atoms with Crippen LogP contribution in [0.2, 0.25) is 0 Å². The number of pyridine rings is 2. The molecule has 0 aliphatic carbocycles. The average molecular weight is 580 g/mol. The van der Waals surface area contributed by atoms with Gasteiger partial charge in [0.05, 0.1) is 27.2 Å². The molecule has 0 bridgehead atoms. The van der Waals surface area contributed by atoms with Gasteiger partial charge in [0.2, 0.25) is 11.6 Å². The van der Waals surface area contributed by atoms with E-state index in [4.69, 9.17) is 5.26 Å². The smallest absolute Gasteiger partial charge is 0.348 e. The molecule has 2 aromatic carbocycles. The number of carbonyl (C=O) groups is 1. The van der Waals surface area contributed by atoms with Crippen LogP contribution in [0.3, 0.4) is 0 Å². The molecule has 12 heteroatoms. The van der Waals surface area contributed by atoms with Crippen LogP contribution in [0.15, 0.2) is 87.2 Å². The van der Waals surface area contributed by atoms with Crippen LogP contribution in [0.25, 0.3) is 16.8 Å². The van der Waals surface area contributed by atoms with Crippen LogP contribution in [-0.4, -0.2) is 25.9 Å². The minimum atomic E-state index is -4.62. The van der Waals surface area contributed by atoms with Gasteiger partial charge in [-0.3, -0.25) is 14.6 Å². The SMILES string of the molecule is Cc1cncc(-n2cc(C(=O)NCc3ccc(S(C)(=O)=NC#N)cc3)c(=O)c(-c3cccc(C(F)(F)F)c3)c2C)c1. The third kappa shape index (κ3) is 6.36. The molecule has 2 aromatic heterocycles. The van der Waals surface area contributed by atoms with Crippen LogP contribution in [0.5, 0.6) is 0 Å². The monoisotopic (exact) mass is 579 g/mol. The Morgan fingerprint density at radius 2 is 1.83 bits per heavy atom. The van der Waals surface area contributed by atoms with Crippen molar-refractivity contribution in [3.63, 3.8) is 0 Å². The number of nitriles is 1. The van der Waals surface area contributed by atoms with Gasteiger partial charge in [0, 0.05) is 41.3 Å². The quantitative estimate of drug-likeness (QED) is 0.307. The van der Waals surface area contributed by atoms with E-state index >= 15 is 0 Å². The molecule has 4 aromatic rings. The highest BCUT2D eigenvalue weighted by atomic mass is 32.2. The van der Waals surface area contributed by atoms with E-state index in [1.807, 2.05) is 6.92 Å². The van der Waals surface area contributed by atoms with Crippen molar-refractivity contribution < 1.29 is 22.2 Å². The second-order valence-electron chi connectivity index (χ2n) is 9.32. The van der Waals surface area contributed by atoms with Gasteiger partial charge in [0.25, 0.3) is 5.91 Å². The molecule has 0 aliphatic rings. The van der Waals surface area contributed by atoms with Gasteiger partial charge in [-0.2, -0.15) is 18.4 Å². The zero-order valence-corrected chi connectivity index (χ0v) is 23.0. The molecule has 41 heavy (non-hydrogen) atoms. The first-order valence-electron chi connectivity index (χ1n) is 12.1. The third-order valence-corrected chi connectivity index (χ3v) is 7.92. The topological polar surface area (TPSA) is 117 Å². The summed E-state index contributed by atoms with van der Waals surface area (Å²) in [7, 11) is -2.88. The van der Waals surface area contributed by atoms with Crippen molar-refractivity contribution >= 4 is 15.6 Å². The Kier molecular flexibility index (Phi) is 8.12. The third-order valence-electron chi connectivity index (χ3n) is 6.34. The second-order valence-corrected chi connectivity index (χ2v) is 11.6. The van der Waals surface area contributed by atoms with Gasteiger partial charge in [0.1, 0.15) is 5.56 Å². The standard InChI is InChI=1S/C29H24F3N5O3S/c1-18-11-23(15-34-13-18)37-16-25(27(38)26(19(37)2)21-5-4-6-22(12-21)29(30,31)32)28(39)35-14-20-7-9-24(10-8-20)41(3,40)36-17-33/h4-13,15-16H,14H2,1-3H3,(H,35,39). The van der Waals surface area contributed by atoms with Crippen LogP contribution in [0.1, 0.15) is 32.7 Å². The van der Waals surface area contributed by atoms with Crippen LogP contribution in [0.4, 0.5) is 13.2 Å². The van der Waals surface area contributed by atoms with Gasteiger partial charge in [-0.15, -0.1) is 4.36 Å². The number of aromatic nitrogens is 2. The van der Waals surface area contributed by atoms with Crippen molar-refractivity contribution in [2.24, 2.45) is 4.36 Å². The Balaban J connectivity index is 1.77. The number of hydrogen-bond acceptors (Lipinski definition) is 6. The lowest BCUT2D eigenvalue weighted by Gasteiger charge is -2.18. The largest absolute Gasteiger partial charge is 0.416 e. The number of nitrogens with zero attached hydrogens (tertiary/aromatic N) is 4. The maximum atomic E-state index is 13.6. The molecule has 8 nitrogen and oxygen atoms in total. The number of nitrogens with one attached hydrogen (secondary N) is 1. The summed E-state index contributed by atoms with van der Waals surface area (Å²) in [6.45, 7) is 3.40. The lowest BCUT2D eigenvalue weighted by molar-refractivity contribution is -0.137. The fourth-order valence-corrected chi connectivity index (χ4v) is 5.17. The maximum Gasteiger partial charge on any atom is 0.416 e. The zero-order valence-electron chi connectivity index (χ0n) is 22.2. The number of rotatable bonds is 6. The van der Waals surface area contributed by atoms with Crippen molar-refractivity contribution in [1.82, 2.24) is 14.9 Å².